The van der Waals surface area contributed by atoms with Crippen molar-refractivity contribution in [2.75, 3.05) is 10.1 Å². The Morgan fingerprint density at radius 2 is 2.11 bits per heavy atom. The summed E-state index contributed by atoms with van der Waals surface area (Å²) in [7, 11) is -3.82. The van der Waals surface area contributed by atoms with E-state index in [0.717, 1.165) is 5.56 Å². The highest BCUT2D eigenvalue weighted by atomic mass is 32.2. The number of sulfonamides is 1. The lowest BCUT2D eigenvalue weighted by molar-refractivity contribution is 0.598. The van der Waals surface area contributed by atoms with E-state index in [-0.39, 0.29) is 10.7 Å². The van der Waals surface area contributed by atoms with Crippen molar-refractivity contribution < 1.29 is 8.42 Å². The number of hydrogen-bond donors (Lipinski definition) is 3. The van der Waals surface area contributed by atoms with Gasteiger partial charge in [-0.15, -0.1) is 0 Å². The first-order valence-corrected chi connectivity index (χ1v) is 6.87. The third-order valence-corrected chi connectivity index (χ3v) is 3.65. The van der Waals surface area contributed by atoms with Gasteiger partial charge in [0, 0.05) is 12.4 Å². The highest BCUT2D eigenvalue weighted by Gasteiger charge is 2.20. The molecule has 0 saturated heterocycles. The average molecular weight is 279 g/mol. The zero-order valence-electron chi connectivity index (χ0n) is 10.2. The zero-order valence-corrected chi connectivity index (χ0v) is 11.0. The lowest BCUT2D eigenvalue weighted by atomic mass is 10.3. The molecule has 2 rings (SSSR count). The molecule has 0 atom stereocenters. The van der Waals surface area contributed by atoms with E-state index < -0.39 is 10.0 Å². The number of aromatic nitrogens is 2. The lowest BCUT2D eigenvalue weighted by Gasteiger charge is -2.10. The predicted molar refractivity (Wildman–Crippen MR) is 71.8 cm³/mol. The number of aryl methyl sites for hydroxylation is 1. The second-order valence-electron chi connectivity index (χ2n) is 3.86. The minimum atomic E-state index is -3.82. The van der Waals surface area contributed by atoms with E-state index in [4.69, 9.17) is 5.84 Å². The van der Waals surface area contributed by atoms with Crippen LogP contribution in [0.1, 0.15) is 5.56 Å². The number of nitrogens with two attached hydrogens (primary N) is 1. The second-order valence-corrected chi connectivity index (χ2v) is 5.45. The number of nitrogens with zero attached hydrogens (tertiary/aromatic N) is 2. The Morgan fingerprint density at radius 1 is 1.32 bits per heavy atom. The van der Waals surface area contributed by atoms with E-state index in [2.05, 4.69) is 20.1 Å². The normalized spacial score (nSPS) is 11.1. The highest BCUT2D eigenvalue weighted by molar-refractivity contribution is 7.92. The van der Waals surface area contributed by atoms with Gasteiger partial charge in [-0.2, -0.15) is 8.42 Å². The van der Waals surface area contributed by atoms with Crippen molar-refractivity contribution in [2.45, 2.75) is 11.9 Å². The molecule has 100 valence electrons. The average Bonchev–Trinajstić information content (AvgIpc) is 2.38. The van der Waals surface area contributed by atoms with Crippen LogP contribution in [0.25, 0.3) is 0 Å². The van der Waals surface area contributed by atoms with Crippen LogP contribution in [-0.4, -0.2) is 18.4 Å². The number of nitrogen functional groups attached to an aromatic ring is 1. The Hall–Kier alpha value is -2.19. The molecular formula is C11H13N5O2S. The van der Waals surface area contributed by atoms with E-state index in [9.17, 15) is 8.42 Å². The van der Waals surface area contributed by atoms with Crippen LogP contribution in [0.2, 0.25) is 0 Å². The smallest absolute Gasteiger partial charge is 0.281 e. The van der Waals surface area contributed by atoms with Gasteiger partial charge in [-0.05, 0) is 30.7 Å². The minimum absolute atomic E-state index is 0.168. The summed E-state index contributed by atoms with van der Waals surface area (Å²) in [6.07, 6.45) is 4.43. The Bertz CT molecular complexity index is 687. The van der Waals surface area contributed by atoms with Gasteiger partial charge < -0.3 is 5.43 Å². The maximum atomic E-state index is 12.2. The number of anilines is 2. The number of hydrogen-bond acceptors (Lipinski definition) is 6. The van der Waals surface area contributed by atoms with Gasteiger partial charge in [0.05, 0.1) is 17.6 Å². The molecule has 4 N–H and O–H groups in total. The molecule has 19 heavy (non-hydrogen) atoms. The number of pyridine rings is 2. The maximum absolute atomic E-state index is 12.2. The van der Waals surface area contributed by atoms with E-state index in [1.165, 1.54) is 18.5 Å². The minimum Gasteiger partial charge on any atom is -0.321 e. The molecular weight excluding hydrogens is 266 g/mol. The van der Waals surface area contributed by atoms with Crippen molar-refractivity contribution in [2.24, 2.45) is 5.84 Å². The van der Waals surface area contributed by atoms with Crippen LogP contribution in [0.4, 0.5) is 11.4 Å². The number of hydrazine groups is 1. The molecule has 2 aromatic heterocycles. The molecule has 0 amide bonds. The van der Waals surface area contributed by atoms with Crippen LogP contribution in [0.3, 0.4) is 0 Å². The molecule has 2 heterocycles. The van der Waals surface area contributed by atoms with Crippen molar-refractivity contribution in [1.82, 2.24) is 9.97 Å². The summed E-state index contributed by atoms with van der Waals surface area (Å²) in [5.74, 6) is 5.27. The molecule has 0 aromatic carbocycles. The van der Waals surface area contributed by atoms with Crippen LogP contribution in [-0.2, 0) is 10.0 Å². The van der Waals surface area contributed by atoms with Crippen molar-refractivity contribution >= 4 is 21.4 Å². The van der Waals surface area contributed by atoms with Crippen molar-refractivity contribution in [3.8, 4) is 0 Å². The fraction of sp³-hybridized carbons (Fsp3) is 0.0909. The Kier molecular flexibility index (Phi) is 3.63. The first-order valence-electron chi connectivity index (χ1n) is 5.39. The summed E-state index contributed by atoms with van der Waals surface area (Å²) in [6.45, 7) is 1.82. The summed E-state index contributed by atoms with van der Waals surface area (Å²) in [5.41, 5.74) is 3.73. The monoisotopic (exact) mass is 279 g/mol. The van der Waals surface area contributed by atoms with Crippen LogP contribution in [0.15, 0.2) is 41.8 Å². The lowest BCUT2D eigenvalue weighted by Crippen LogP contribution is -2.19. The van der Waals surface area contributed by atoms with Gasteiger partial charge in [-0.1, -0.05) is 0 Å². The molecule has 0 fully saturated rings. The van der Waals surface area contributed by atoms with E-state index in [1.807, 2.05) is 6.92 Å². The van der Waals surface area contributed by atoms with Gasteiger partial charge in [0.1, 0.15) is 0 Å². The topological polar surface area (TPSA) is 110 Å². The van der Waals surface area contributed by atoms with Crippen LogP contribution in [0.5, 0.6) is 0 Å². The van der Waals surface area contributed by atoms with Crippen LogP contribution >= 0.6 is 0 Å². The van der Waals surface area contributed by atoms with Gasteiger partial charge in [0.15, 0.2) is 0 Å². The van der Waals surface area contributed by atoms with Crippen LogP contribution < -0.4 is 16.0 Å². The zero-order chi connectivity index (χ0) is 13.9. The molecule has 0 aliphatic rings. The predicted octanol–water partition coefficient (Wildman–Crippen LogP) is 0.871. The summed E-state index contributed by atoms with van der Waals surface area (Å²) < 4.78 is 26.8. The van der Waals surface area contributed by atoms with Gasteiger partial charge in [-0.3, -0.25) is 15.5 Å². The second kappa shape index (κ2) is 5.21. The van der Waals surface area contributed by atoms with Crippen LogP contribution in [0, 0.1) is 6.92 Å². The molecule has 0 bridgehead atoms. The summed E-state index contributed by atoms with van der Waals surface area (Å²) >= 11 is 0. The highest BCUT2D eigenvalue weighted by Crippen LogP contribution is 2.20. The molecule has 8 heteroatoms. The van der Waals surface area contributed by atoms with Gasteiger partial charge in [-0.25, -0.2) is 4.98 Å². The number of rotatable bonds is 4. The molecule has 0 spiro atoms. The number of nitrogens with one attached hydrogen (secondary N) is 2. The Labute approximate surface area is 110 Å². The Morgan fingerprint density at radius 3 is 2.79 bits per heavy atom. The van der Waals surface area contributed by atoms with Crippen molar-refractivity contribution in [3.05, 3.63) is 42.4 Å². The Balaban J connectivity index is 2.38. The third-order valence-electron chi connectivity index (χ3n) is 2.31. The summed E-state index contributed by atoms with van der Waals surface area (Å²) in [4.78, 5) is 7.74. The molecule has 7 nitrogen and oxygen atoms in total. The fourth-order valence-electron chi connectivity index (χ4n) is 1.53. The molecule has 2 aromatic rings. The summed E-state index contributed by atoms with van der Waals surface area (Å²) in [5, 5.41) is -0.168. The third kappa shape index (κ3) is 2.98. The fourth-order valence-corrected chi connectivity index (χ4v) is 2.66. The molecule has 0 unspecified atom stereocenters. The van der Waals surface area contributed by atoms with Crippen molar-refractivity contribution in [3.63, 3.8) is 0 Å². The molecule has 0 saturated carbocycles. The largest absolute Gasteiger partial charge is 0.321 e. The van der Waals surface area contributed by atoms with Gasteiger partial charge in [0.2, 0.25) is 5.03 Å². The SMILES string of the molecule is Cc1cncc(NS(=O)(=O)c2ncccc2NN)c1. The molecule has 0 radical (unpaired) electrons. The van der Waals surface area contributed by atoms with Gasteiger partial charge in [0.25, 0.3) is 10.0 Å². The van der Waals surface area contributed by atoms with E-state index in [0.29, 0.717) is 5.69 Å². The molecule has 0 aliphatic carbocycles. The quantitative estimate of drug-likeness (QED) is 0.566. The maximum Gasteiger partial charge on any atom is 0.281 e. The standard InChI is InChI=1S/C11H13N5O2S/c1-8-5-9(7-13-6-8)16-19(17,18)11-10(15-12)3-2-4-14-11/h2-7,15-16H,12H2,1H3. The van der Waals surface area contributed by atoms with E-state index >= 15 is 0 Å². The van der Waals surface area contributed by atoms with Gasteiger partial charge >= 0.3 is 0 Å². The molecule has 0 aliphatic heterocycles. The first kappa shape index (κ1) is 13.2. The van der Waals surface area contributed by atoms with E-state index in [1.54, 1.807) is 18.3 Å². The summed E-state index contributed by atoms with van der Waals surface area (Å²) in [6, 6.07) is 4.78. The van der Waals surface area contributed by atoms with Crippen molar-refractivity contribution in [1.29, 1.82) is 0 Å². The first-order chi connectivity index (χ1) is 9.03.